The number of furan rings is 1. The van der Waals surface area contributed by atoms with Gasteiger partial charge >= 0.3 is 0 Å². The molecule has 0 unspecified atom stereocenters. The van der Waals surface area contributed by atoms with Crippen molar-refractivity contribution in [3.05, 3.63) is 76.2 Å². The molecule has 1 N–H and O–H groups in total. The lowest BCUT2D eigenvalue weighted by molar-refractivity contribution is 0.284. The van der Waals surface area contributed by atoms with Gasteiger partial charge in [0.25, 0.3) is 0 Å². The number of thiocarbonyl (C=S) groups is 1. The van der Waals surface area contributed by atoms with Gasteiger partial charge in [0, 0.05) is 18.3 Å². The van der Waals surface area contributed by atoms with E-state index in [-0.39, 0.29) is 12.1 Å². The van der Waals surface area contributed by atoms with E-state index in [0.717, 1.165) is 23.6 Å². The average molecular weight is 418 g/mol. The van der Waals surface area contributed by atoms with E-state index in [9.17, 15) is 0 Å². The zero-order valence-electron chi connectivity index (χ0n) is 14.5. The van der Waals surface area contributed by atoms with Gasteiger partial charge in [0.2, 0.25) is 0 Å². The highest BCUT2D eigenvalue weighted by molar-refractivity contribution is 7.80. The molecule has 4 nitrogen and oxygen atoms in total. The van der Waals surface area contributed by atoms with Gasteiger partial charge in [-0.25, -0.2) is 0 Å². The van der Waals surface area contributed by atoms with E-state index < -0.39 is 0 Å². The molecule has 0 bridgehead atoms. The van der Waals surface area contributed by atoms with Gasteiger partial charge in [0.15, 0.2) is 5.11 Å². The predicted octanol–water partition coefficient (Wildman–Crippen LogP) is 5.64. The molecule has 3 heterocycles. The SMILES string of the molecule is CCN1C(=S)N[C@H](c2ccccn2)[C@H]1c1ccc(-c2cccc(Cl)c2Cl)o1. The Morgan fingerprint density at radius 3 is 2.74 bits per heavy atom. The Hall–Kier alpha value is -2.08. The quantitative estimate of drug-likeness (QED) is 0.556. The molecule has 1 aromatic carbocycles. The fraction of sp³-hybridized carbons (Fsp3) is 0.200. The Bertz CT molecular complexity index is 976. The normalized spacial score (nSPS) is 19.4. The van der Waals surface area contributed by atoms with Crippen molar-refractivity contribution in [3.8, 4) is 11.3 Å². The fourth-order valence-corrected chi connectivity index (χ4v) is 4.17. The summed E-state index contributed by atoms with van der Waals surface area (Å²) in [6, 6.07) is 15.1. The third-order valence-corrected chi connectivity index (χ3v) is 5.85. The summed E-state index contributed by atoms with van der Waals surface area (Å²) in [5, 5.41) is 5.05. The van der Waals surface area contributed by atoms with Crippen molar-refractivity contribution < 1.29 is 4.42 Å². The first-order chi connectivity index (χ1) is 13.1. The van der Waals surface area contributed by atoms with Crippen LogP contribution in [0.15, 0.2) is 59.1 Å². The van der Waals surface area contributed by atoms with Crippen molar-refractivity contribution in [2.45, 2.75) is 19.0 Å². The van der Waals surface area contributed by atoms with E-state index in [4.69, 9.17) is 39.8 Å². The number of likely N-dealkylation sites (N-methyl/N-ethyl adjacent to an activating group) is 1. The van der Waals surface area contributed by atoms with Gasteiger partial charge in [0.1, 0.15) is 17.6 Å². The number of benzene rings is 1. The van der Waals surface area contributed by atoms with Crippen LogP contribution >= 0.6 is 35.4 Å². The Balaban J connectivity index is 1.75. The maximum atomic E-state index is 6.35. The second-order valence-electron chi connectivity index (χ2n) is 6.22. The van der Waals surface area contributed by atoms with Crippen LogP contribution in [0.4, 0.5) is 0 Å². The van der Waals surface area contributed by atoms with Crippen molar-refractivity contribution in [1.29, 1.82) is 0 Å². The number of hydrogen-bond donors (Lipinski definition) is 1. The first kappa shape index (κ1) is 18.3. The molecule has 1 saturated heterocycles. The molecule has 2 aromatic heterocycles. The molecular formula is C20H17Cl2N3OS. The van der Waals surface area contributed by atoms with E-state index >= 15 is 0 Å². The number of nitrogens with one attached hydrogen (secondary N) is 1. The van der Waals surface area contributed by atoms with Crippen LogP contribution in [0.1, 0.15) is 30.5 Å². The van der Waals surface area contributed by atoms with E-state index in [2.05, 4.69) is 22.1 Å². The van der Waals surface area contributed by atoms with Crippen LogP contribution in [0.25, 0.3) is 11.3 Å². The van der Waals surface area contributed by atoms with Crippen molar-refractivity contribution in [2.75, 3.05) is 6.54 Å². The zero-order valence-corrected chi connectivity index (χ0v) is 16.9. The van der Waals surface area contributed by atoms with Crippen LogP contribution in [0, 0.1) is 0 Å². The molecule has 2 atom stereocenters. The zero-order chi connectivity index (χ0) is 19.0. The third kappa shape index (κ3) is 3.31. The van der Waals surface area contributed by atoms with E-state index in [1.165, 1.54) is 0 Å². The molecule has 7 heteroatoms. The summed E-state index contributed by atoms with van der Waals surface area (Å²) < 4.78 is 6.21. The number of aromatic nitrogens is 1. The first-order valence-electron chi connectivity index (χ1n) is 8.62. The Labute approximate surface area is 173 Å². The highest BCUT2D eigenvalue weighted by Crippen LogP contribution is 2.41. The topological polar surface area (TPSA) is 41.3 Å². The lowest BCUT2D eigenvalue weighted by Gasteiger charge is -2.24. The van der Waals surface area contributed by atoms with Crippen molar-refractivity contribution in [1.82, 2.24) is 15.2 Å². The number of hydrogen-bond acceptors (Lipinski definition) is 3. The number of rotatable bonds is 4. The van der Waals surface area contributed by atoms with E-state index in [1.807, 2.05) is 42.5 Å². The molecule has 0 spiro atoms. The smallest absolute Gasteiger partial charge is 0.170 e. The minimum Gasteiger partial charge on any atom is -0.459 e. The lowest BCUT2D eigenvalue weighted by Crippen LogP contribution is -2.29. The number of pyridine rings is 1. The molecule has 1 aliphatic heterocycles. The summed E-state index contributed by atoms with van der Waals surface area (Å²) in [6.45, 7) is 2.83. The highest BCUT2D eigenvalue weighted by atomic mass is 35.5. The summed E-state index contributed by atoms with van der Waals surface area (Å²) in [5.41, 5.74) is 1.68. The lowest BCUT2D eigenvalue weighted by atomic mass is 10.0. The monoisotopic (exact) mass is 417 g/mol. The predicted molar refractivity (Wildman–Crippen MR) is 112 cm³/mol. The first-order valence-corrected chi connectivity index (χ1v) is 9.78. The molecule has 0 saturated carbocycles. The van der Waals surface area contributed by atoms with Gasteiger partial charge < -0.3 is 14.6 Å². The van der Waals surface area contributed by atoms with Gasteiger partial charge in [-0.15, -0.1) is 0 Å². The summed E-state index contributed by atoms with van der Waals surface area (Å²) in [7, 11) is 0. The van der Waals surface area contributed by atoms with E-state index in [0.29, 0.717) is 20.9 Å². The number of halogens is 2. The molecule has 138 valence electrons. The molecule has 4 rings (SSSR count). The van der Waals surface area contributed by atoms with Gasteiger partial charge in [-0.05, 0) is 55.5 Å². The third-order valence-electron chi connectivity index (χ3n) is 4.67. The molecular weight excluding hydrogens is 401 g/mol. The molecule has 0 aliphatic carbocycles. The second kappa shape index (κ2) is 7.50. The molecule has 1 aliphatic rings. The molecule has 1 fully saturated rings. The molecule has 0 radical (unpaired) electrons. The van der Waals surface area contributed by atoms with Crippen molar-refractivity contribution >= 4 is 40.5 Å². The minimum atomic E-state index is -0.0934. The van der Waals surface area contributed by atoms with Crippen LogP contribution in [-0.4, -0.2) is 21.5 Å². The summed E-state index contributed by atoms with van der Waals surface area (Å²) in [5.74, 6) is 1.47. The van der Waals surface area contributed by atoms with Gasteiger partial charge in [-0.1, -0.05) is 35.3 Å². The summed E-state index contributed by atoms with van der Waals surface area (Å²) >= 11 is 18.0. The highest BCUT2D eigenvalue weighted by Gasteiger charge is 2.40. The number of nitrogens with zero attached hydrogens (tertiary/aromatic N) is 2. The fourth-order valence-electron chi connectivity index (χ4n) is 3.41. The summed E-state index contributed by atoms with van der Waals surface area (Å²) in [6.07, 6.45) is 1.78. The van der Waals surface area contributed by atoms with Gasteiger partial charge in [-0.3, -0.25) is 4.98 Å². The van der Waals surface area contributed by atoms with Crippen LogP contribution in [-0.2, 0) is 0 Å². The Morgan fingerprint density at radius 2 is 2.00 bits per heavy atom. The maximum absolute atomic E-state index is 6.35. The van der Waals surface area contributed by atoms with Crippen LogP contribution < -0.4 is 5.32 Å². The van der Waals surface area contributed by atoms with Crippen LogP contribution in [0.5, 0.6) is 0 Å². The van der Waals surface area contributed by atoms with E-state index in [1.54, 1.807) is 12.3 Å². The Morgan fingerprint density at radius 1 is 1.15 bits per heavy atom. The van der Waals surface area contributed by atoms with Crippen molar-refractivity contribution in [3.63, 3.8) is 0 Å². The minimum absolute atomic E-state index is 0.0903. The van der Waals surface area contributed by atoms with Gasteiger partial charge in [0.05, 0.1) is 21.8 Å². The van der Waals surface area contributed by atoms with Crippen LogP contribution in [0.3, 0.4) is 0 Å². The molecule has 0 amide bonds. The Kier molecular flexibility index (Phi) is 5.08. The van der Waals surface area contributed by atoms with Gasteiger partial charge in [-0.2, -0.15) is 0 Å². The summed E-state index contributed by atoms with van der Waals surface area (Å²) in [4.78, 5) is 6.61. The maximum Gasteiger partial charge on any atom is 0.170 e. The molecule has 27 heavy (non-hydrogen) atoms. The second-order valence-corrected chi connectivity index (χ2v) is 7.39. The standard InChI is InChI=1S/C20H17Cl2N3OS/c1-2-25-19(18(24-20(25)27)14-8-3-4-11-23-14)16-10-9-15(26-16)12-6-5-7-13(21)17(12)22/h3-11,18-19H,2H2,1H3,(H,24,27)/t18-,19-/m1/s1. The molecule has 3 aromatic rings. The van der Waals surface area contributed by atoms with Crippen LogP contribution in [0.2, 0.25) is 10.0 Å². The van der Waals surface area contributed by atoms with Crippen molar-refractivity contribution in [2.24, 2.45) is 0 Å². The average Bonchev–Trinajstić information content (AvgIpc) is 3.28. The largest absolute Gasteiger partial charge is 0.459 e.